The van der Waals surface area contributed by atoms with Crippen LogP contribution in [0.4, 0.5) is 5.69 Å². The summed E-state index contributed by atoms with van der Waals surface area (Å²) < 4.78 is 0. The number of nitrogen functional groups attached to an aromatic ring is 1. The molecule has 0 spiro atoms. The van der Waals surface area contributed by atoms with Crippen LogP contribution in [-0.2, 0) is 6.42 Å². The highest BCUT2D eigenvalue weighted by atomic mass is 35.5. The highest BCUT2D eigenvalue weighted by Crippen LogP contribution is 2.27. The number of hydrogen-bond donors (Lipinski definition) is 1. The van der Waals surface area contributed by atoms with Gasteiger partial charge < -0.3 is 5.73 Å². The van der Waals surface area contributed by atoms with Crippen LogP contribution >= 0.6 is 11.6 Å². The van der Waals surface area contributed by atoms with E-state index in [9.17, 15) is 0 Å². The average molecular weight is 233 g/mol. The molecule has 0 unspecified atom stereocenters. The number of nitrogens with two attached hydrogens (primary N) is 1. The third-order valence-electron chi connectivity index (χ3n) is 2.55. The van der Waals surface area contributed by atoms with Gasteiger partial charge in [0.15, 0.2) is 0 Å². The van der Waals surface area contributed by atoms with Crippen LogP contribution in [0.3, 0.4) is 0 Å². The van der Waals surface area contributed by atoms with Crippen LogP contribution in [0.2, 0.25) is 5.15 Å². The number of aromatic nitrogens is 1. The summed E-state index contributed by atoms with van der Waals surface area (Å²) >= 11 is 5.89. The van der Waals surface area contributed by atoms with Crippen LogP contribution in [-0.4, -0.2) is 4.98 Å². The lowest BCUT2D eigenvalue weighted by atomic mass is 9.98. The maximum Gasteiger partial charge on any atom is 0.129 e. The van der Waals surface area contributed by atoms with Gasteiger partial charge in [-0.2, -0.15) is 0 Å². The second kappa shape index (κ2) is 4.54. The van der Waals surface area contributed by atoms with Crippen molar-refractivity contribution in [2.45, 2.75) is 13.3 Å². The Balaban J connectivity index is 2.58. The molecule has 1 heterocycles. The van der Waals surface area contributed by atoms with Gasteiger partial charge in [-0.25, -0.2) is 4.98 Å². The van der Waals surface area contributed by atoms with Crippen LogP contribution in [0.15, 0.2) is 36.5 Å². The summed E-state index contributed by atoms with van der Waals surface area (Å²) in [6, 6.07) is 9.75. The molecule has 2 nitrogen and oxygen atoms in total. The lowest BCUT2D eigenvalue weighted by Crippen LogP contribution is -1.92. The highest BCUT2D eigenvalue weighted by molar-refractivity contribution is 6.29. The summed E-state index contributed by atoms with van der Waals surface area (Å²) in [6.45, 7) is 2.12. The minimum Gasteiger partial charge on any atom is -0.399 e. The van der Waals surface area contributed by atoms with Gasteiger partial charge in [-0.1, -0.05) is 24.6 Å². The Morgan fingerprint density at radius 1 is 1.25 bits per heavy atom. The van der Waals surface area contributed by atoms with Gasteiger partial charge in [0.05, 0.1) is 0 Å². The summed E-state index contributed by atoms with van der Waals surface area (Å²) in [7, 11) is 0. The van der Waals surface area contributed by atoms with E-state index in [1.165, 1.54) is 5.56 Å². The first kappa shape index (κ1) is 11.0. The number of hydrogen-bond acceptors (Lipinski definition) is 2. The largest absolute Gasteiger partial charge is 0.399 e. The zero-order chi connectivity index (χ0) is 11.5. The van der Waals surface area contributed by atoms with E-state index in [2.05, 4.69) is 18.0 Å². The molecule has 0 aliphatic rings. The van der Waals surface area contributed by atoms with Gasteiger partial charge >= 0.3 is 0 Å². The monoisotopic (exact) mass is 232 g/mol. The molecular weight excluding hydrogens is 220 g/mol. The summed E-state index contributed by atoms with van der Waals surface area (Å²) in [5, 5.41) is 0.502. The van der Waals surface area contributed by atoms with E-state index in [0.29, 0.717) is 5.15 Å². The summed E-state index contributed by atoms with van der Waals surface area (Å²) in [6.07, 6.45) is 2.68. The second-order valence-electron chi connectivity index (χ2n) is 3.64. The first-order valence-electron chi connectivity index (χ1n) is 5.21. The van der Waals surface area contributed by atoms with Gasteiger partial charge in [0, 0.05) is 11.9 Å². The standard InChI is InChI=1S/C13H13ClN2/c1-2-9-3-4-11(15)8-12(9)10-5-6-16-13(14)7-10/h3-8H,2,15H2,1H3. The van der Waals surface area contributed by atoms with Crippen molar-refractivity contribution in [2.75, 3.05) is 5.73 Å². The van der Waals surface area contributed by atoms with Crippen molar-refractivity contribution in [3.05, 3.63) is 47.2 Å². The Morgan fingerprint density at radius 2 is 2.06 bits per heavy atom. The molecule has 0 aliphatic carbocycles. The molecule has 16 heavy (non-hydrogen) atoms. The number of benzene rings is 1. The van der Waals surface area contributed by atoms with E-state index in [1.54, 1.807) is 6.20 Å². The molecule has 82 valence electrons. The molecule has 1 aromatic heterocycles. The number of rotatable bonds is 2. The Bertz CT molecular complexity index is 509. The van der Waals surface area contributed by atoms with Gasteiger partial charge in [0.2, 0.25) is 0 Å². The fraction of sp³-hybridized carbons (Fsp3) is 0.154. The Kier molecular flexibility index (Phi) is 3.11. The Hall–Kier alpha value is -1.54. The minimum atomic E-state index is 0.502. The Labute approximate surface area is 100 Å². The van der Waals surface area contributed by atoms with Crippen LogP contribution in [0.1, 0.15) is 12.5 Å². The van der Waals surface area contributed by atoms with E-state index in [1.807, 2.05) is 24.3 Å². The van der Waals surface area contributed by atoms with Gasteiger partial charge in [0.25, 0.3) is 0 Å². The van der Waals surface area contributed by atoms with Crippen LogP contribution in [0.25, 0.3) is 11.1 Å². The lowest BCUT2D eigenvalue weighted by Gasteiger charge is -2.09. The SMILES string of the molecule is CCc1ccc(N)cc1-c1ccnc(Cl)c1. The zero-order valence-corrected chi connectivity index (χ0v) is 9.83. The highest BCUT2D eigenvalue weighted by Gasteiger charge is 2.05. The Morgan fingerprint density at radius 3 is 2.75 bits per heavy atom. The van der Waals surface area contributed by atoms with E-state index in [4.69, 9.17) is 17.3 Å². The van der Waals surface area contributed by atoms with E-state index >= 15 is 0 Å². The van der Waals surface area contributed by atoms with E-state index in [0.717, 1.165) is 23.2 Å². The van der Waals surface area contributed by atoms with Crippen molar-refractivity contribution in [2.24, 2.45) is 0 Å². The molecule has 0 atom stereocenters. The van der Waals surface area contributed by atoms with E-state index in [-0.39, 0.29) is 0 Å². The number of aryl methyl sites for hydroxylation is 1. The molecule has 2 N–H and O–H groups in total. The van der Waals surface area contributed by atoms with Gasteiger partial charge in [0.1, 0.15) is 5.15 Å². The minimum absolute atomic E-state index is 0.502. The topological polar surface area (TPSA) is 38.9 Å². The van der Waals surface area contributed by atoms with Crippen molar-refractivity contribution >= 4 is 17.3 Å². The molecule has 0 aliphatic heterocycles. The number of anilines is 1. The van der Waals surface area contributed by atoms with Crippen LogP contribution in [0.5, 0.6) is 0 Å². The van der Waals surface area contributed by atoms with Crippen LogP contribution in [0, 0.1) is 0 Å². The predicted octanol–water partition coefficient (Wildman–Crippen LogP) is 3.55. The lowest BCUT2D eigenvalue weighted by molar-refractivity contribution is 1.14. The van der Waals surface area contributed by atoms with Gasteiger partial charge in [-0.3, -0.25) is 0 Å². The van der Waals surface area contributed by atoms with E-state index < -0.39 is 0 Å². The fourth-order valence-electron chi connectivity index (χ4n) is 1.74. The summed E-state index contributed by atoms with van der Waals surface area (Å²) in [5.41, 5.74) is 10.0. The van der Waals surface area contributed by atoms with Gasteiger partial charge in [-0.05, 0) is 47.4 Å². The third-order valence-corrected chi connectivity index (χ3v) is 2.76. The first-order valence-corrected chi connectivity index (χ1v) is 5.59. The van der Waals surface area contributed by atoms with Crippen molar-refractivity contribution in [1.82, 2.24) is 4.98 Å². The van der Waals surface area contributed by atoms with Crippen molar-refractivity contribution in [3.8, 4) is 11.1 Å². The average Bonchev–Trinajstić information content (AvgIpc) is 2.29. The van der Waals surface area contributed by atoms with Crippen LogP contribution < -0.4 is 5.73 Å². The number of pyridine rings is 1. The fourth-order valence-corrected chi connectivity index (χ4v) is 1.91. The molecule has 1 aromatic carbocycles. The maximum absolute atomic E-state index is 5.89. The third kappa shape index (κ3) is 2.17. The first-order chi connectivity index (χ1) is 7.70. The molecular formula is C13H13ClN2. The predicted molar refractivity (Wildman–Crippen MR) is 68.5 cm³/mol. The van der Waals surface area contributed by atoms with Crippen molar-refractivity contribution in [1.29, 1.82) is 0 Å². The quantitative estimate of drug-likeness (QED) is 0.635. The molecule has 0 fully saturated rings. The normalized spacial score (nSPS) is 10.4. The number of nitrogens with zero attached hydrogens (tertiary/aromatic N) is 1. The van der Waals surface area contributed by atoms with Gasteiger partial charge in [-0.15, -0.1) is 0 Å². The van der Waals surface area contributed by atoms with Crippen molar-refractivity contribution in [3.63, 3.8) is 0 Å². The summed E-state index contributed by atoms with van der Waals surface area (Å²) in [5.74, 6) is 0. The molecule has 0 amide bonds. The zero-order valence-electron chi connectivity index (χ0n) is 9.07. The maximum atomic E-state index is 5.89. The molecule has 0 saturated heterocycles. The smallest absolute Gasteiger partial charge is 0.129 e. The second-order valence-corrected chi connectivity index (χ2v) is 4.02. The summed E-state index contributed by atoms with van der Waals surface area (Å²) in [4.78, 5) is 3.98. The molecule has 0 bridgehead atoms. The molecule has 0 radical (unpaired) electrons. The van der Waals surface area contributed by atoms with Crippen molar-refractivity contribution < 1.29 is 0 Å². The molecule has 0 saturated carbocycles. The molecule has 3 heteroatoms. The number of halogens is 1. The molecule has 2 aromatic rings. The molecule has 2 rings (SSSR count).